The molecule has 0 atom stereocenters. The standard InChI is InChI=1S/C24H21F2N3O2/c25-17-3-1-16(2-4-17)23-20-9-10-22(30)21(24(20)31-27-23)15-28-11-13-29(14-12-28)19-7-5-18(26)6-8-19/h1-10,30H,11-15H2. The van der Waals surface area contributed by atoms with Gasteiger partial charge in [-0.15, -0.1) is 0 Å². The van der Waals surface area contributed by atoms with Crippen molar-refractivity contribution >= 4 is 16.7 Å². The normalized spacial score (nSPS) is 15.0. The molecule has 7 heteroatoms. The van der Waals surface area contributed by atoms with Crippen LogP contribution in [0.15, 0.2) is 65.2 Å². The number of hydrogen-bond acceptors (Lipinski definition) is 5. The first-order chi connectivity index (χ1) is 15.1. The number of fused-ring (bicyclic) bond motifs is 1. The van der Waals surface area contributed by atoms with Crippen molar-refractivity contribution < 1.29 is 18.4 Å². The summed E-state index contributed by atoms with van der Waals surface area (Å²) in [6, 6.07) is 16.1. The third-order valence-corrected chi connectivity index (χ3v) is 5.78. The number of phenols is 1. The Morgan fingerprint density at radius 1 is 0.839 bits per heavy atom. The quantitative estimate of drug-likeness (QED) is 0.513. The molecule has 0 spiro atoms. The van der Waals surface area contributed by atoms with Crippen molar-refractivity contribution in [1.82, 2.24) is 10.1 Å². The van der Waals surface area contributed by atoms with E-state index < -0.39 is 0 Å². The van der Waals surface area contributed by atoms with Crippen LogP contribution in [-0.4, -0.2) is 41.3 Å². The Balaban J connectivity index is 1.35. The minimum Gasteiger partial charge on any atom is -0.507 e. The molecule has 4 aromatic rings. The van der Waals surface area contributed by atoms with Crippen LogP contribution in [0.1, 0.15) is 5.56 Å². The molecule has 1 aromatic heterocycles. The van der Waals surface area contributed by atoms with Crippen LogP contribution in [-0.2, 0) is 6.54 Å². The molecule has 1 fully saturated rings. The van der Waals surface area contributed by atoms with Gasteiger partial charge in [-0.05, 0) is 60.7 Å². The van der Waals surface area contributed by atoms with Crippen LogP contribution in [0.5, 0.6) is 5.75 Å². The summed E-state index contributed by atoms with van der Waals surface area (Å²) in [4.78, 5) is 4.46. The average Bonchev–Trinajstić information content (AvgIpc) is 3.22. The van der Waals surface area contributed by atoms with Gasteiger partial charge < -0.3 is 14.5 Å². The molecule has 5 rings (SSSR count). The number of piperazine rings is 1. The minimum absolute atomic E-state index is 0.162. The lowest BCUT2D eigenvalue weighted by Gasteiger charge is -2.36. The van der Waals surface area contributed by atoms with Crippen LogP contribution < -0.4 is 4.90 Å². The number of aromatic hydroxyl groups is 1. The third kappa shape index (κ3) is 3.84. The highest BCUT2D eigenvalue weighted by atomic mass is 19.1. The first-order valence-electron chi connectivity index (χ1n) is 10.2. The molecule has 158 valence electrons. The summed E-state index contributed by atoms with van der Waals surface area (Å²) in [7, 11) is 0. The first-order valence-corrected chi connectivity index (χ1v) is 10.2. The van der Waals surface area contributed by atoms with E-state index in [0.29, 0.717) is 23.4 Å². The Labute approximate surface area is 178 Å². The van der Waals surface area contributed by atoms with Crippen LogP contribution in [0.3, 0.4) is 0 Å². The van der Waals surface area contributed by atoms with Crippen LogP contribution in [0.25, 0.3) is 22.2 Å². The monoisotopic (exact) mass is 421 g/mol. The van der Waals surface area contributed by atoms with Gasteiger partial charge in [0.25, 0.3) is 0 Å². The smallest absolute Gasteiger partial charge is 0.175 e. The summed E-state index contributed by atoms with van der Waals surface area (Å²) in [6.07, 6.45) is 0. The number of hydrogen-bond donors (Lipinski definition) is 1. The van der Waals surface area contributed by atoms with Gasteiger partial charge in [-0.25, -0.2) is 8.78 Å². The van der Waals surface area contributed by atoms with Crippen LogP contribution in [0, 0.1) is 11.6 Å². The van der Waals surface area contributed by atoms with Crippen LogP contribution >= 0.6 is 0 Å². The second-order valence-electron chi connectivity index (χ2n) is 7.72. The zero-order valence-electron chi connectivity index (χ0n) is 16.8. The lowest BCUT2D eigenvalue weighted by molar-refractivity contribution is 0.246. The Kier molecular flexibility index (Phi) is 5.03. The molecule has 0 radical (unpaired) electrons. The summed E-state index contributed by atoms with van der Waals surface area (Å²) in [5, 5.41) is 15.5. The van der Waals surface area contributed by atoms with E-state index in [9.17, 15) is 13.9 Å². The maximum absolute atomic E-state index is 13.3. The first kappa shape index (κ1) is 19.5. The topological polar surface area (TPSA) is 52.7 Å². The van der Waals surface area contributed by atoms with Crippen molar-refractivity contribution in [3.05, 3.63) is 77.9 Å². The number of rotatable bonds is 4. The van der Waals surface area contributed by atoms with Gasteiger partial charge in [0.1, 0.15) is 23.1 Å². The summed E-state index contributed by atoms with van der Waals surface area (Å²) in [6.45, 7) is 3.73. The van der Waals surface area contributed by atoms with E-state index in [1.165, 1.54) is 24.3 Å². The molecule has 5 nitrogen and oxygen atoms in total. The van der Waals surface area contributed by atoms with E-state index in [1.807, 2.05) is 0 Å². The zero-order chi connectivity index (χ0) is 21.4. The van der Waals surface area contributed by atoms with Crippen LogP contribution in [0.4, 0.5) is 14.5 Å². The molecule has 1 N–H and O–H groups in total. The van der Waals surface area contributed by atoms with E-state index in [0.717, 1.165) is 42.8 Å². The van der Waals surface area contributed by atoms with E-state index in [-0.39, 0.29) is 17.4 Å². The Bertz CT molecular complexity index is 1200. The van der Waals surface area contributed by atoms with E-state index in [4.69, 9.17) is 4.52 Å². The summed E-state index contributed by atoms with van der Waals surface area (Å²) in [5.74, 6) is -0.386. The van der Waals surface area contributed by atoms with Gasteiger partial charge in [0.2, 0.25) is 0 Å². The van der Waals surface area contributed by atoms with E-state index >= 15 is 0 Å². The summed E-state index contributed by atoms with van der Waals surface area (Å²) >= 11 is 0. The maximum Gasteiger partial charge on any atom is 0.175 e. The molecule has 0 aliphatic carbocycles. The molecule has 1 aliphatic rings. The molecule has 0 amide bonds. The van der Waals surface area contributed by atoms with Crippen molar-refractivity contribution in [3.8, 4) is 17.0 Å². The number of anilines is 1. The van der Waals surface area contributed by atoms with Gasteiger partial charge in [0.05, 0.1) is 10.9 Å². The van der Waals surface area contributed by atoms with Gasteiger partial charge in [-0.3, -0.25) is 4.90 Å². The second-order valence-corrected chi connectivity index (χ2v) is 7.72. The summed E-state index contributed by atoms with van der Waals surface area (Å²) < 4.78 is 32.1. The van der Waals surface area contributed by atoms with Gasteiger partial charge >= 0.3 is 0 Å². The number of halogens is 2. The largest absolute Gasteiger partial charge is 0.507 e. The SMILES string of the molecule is Oc1ccc2c(-c3ccc(F)cc3)noc2c1CN1CCN(c2ccc(F)cc2)CC1. The fraction of sp³-hybridized carbons (Fsp3) is 0.208. The number of phenolic OH excluding ortho intramolecular Hbond substituents is 1. The molecule has 0 bridgehead atoms. The Morgan fingerprint density at radius 2 is 1.48 bits per heavy atom. The van der Waals surface area contributed by atoms with E-state index in [1.54, 1.807) is 36.4 Å². The van der Waals surface area contributed by atoms with Crippen molar-refractivity contribution in [1.29, 1.82) is 0 Å². The molecular weight excluding hydrogens is 400 g/mol. The van der Waals surface area contributed by atoms with E-state index in [2.05, 4.69) is 15.0 Å². The highest BCUT2D eigenvalue weighted by molar-refractivity contribution is 5.94. The molecule has 31 heavy (non-hydrogen) atoms. The van der Waals surface area contributed by atoms with Gasteiger partial charge in [0, 0.05) is 44.0 Å². The van der Waals surface area contributed by atoms with Crippen molar-refractivity contribution in [3.63, 3.8) is 0 Å². The minimum atomic E-state index is -0.310. The Morgan fingerprint density at radius 3 is 2.16 bits per heavy atom. The van der Waals surface area contributed by atoms with Crippen molar-refractivity contribution in [2.75, 3.05) is 31.1 Å². The van der Waals surface area contributed by atoms with Gasteiger partial charge in [-0.2, -0.15) is 0 Å². The lowest BCUT2D eigenvalue weighted by atomic mass is 10.0. The highest BCUT2D eigenvalue weighted by Crippen LogP contribution is 2.35. The van der Waals surface area contributed by atoms with Crippen molar-refractivity contribution in [2.24, 2.45) is 0 Å². The lowest BCUT2D eigenvalue weighted by Crippen LogP contribution is -2.46. The molecule has 0 saturated carbocycles. The highest BCUT2D eigenvalue weighted by Gasteiger charge is 2.22. The van der Waals surface area contributed by atoms with Gasteiger partial charge in [-0.1, -0.05) is 5.16 Å². The fourth-order valence-electron chi connectivity index (χ4n) is 4.06. The Hall–Kier alpha value is -3.45. The molecule has 1 saturated heterocycles. The predicted octanol–water partition coefficient (Wildman–Crippen LogP) is 4.80. The zero-order valence-corrected chi connectivity index (χ0v) is 16.8. The molecular formula is C24H21F2N3O2. The maximum atomic E-state index is 13.3. The third-order valence-electron chi connectivity index (χ3n) is 5.78. The van der Waals surface area contributed by atoms with Crippen LogP contribution in [0.2, 0.25) is 0 Å². The fourth-order valence-corrected chi connectivity index (χ4v) is 4.06. The average molecular weight is 421 g/mol. The summed E-state index contributed by atoms with van der Waals surface area (Å²) in [5.41, 5.74) is 3.61. The number of aromatic nitrogens is 1. The molecule has 3 aromatic carbocycles. The number of benzene rings is 3. The van der Waals surface area contributed by atoms with Crippen molar-refractivity contribution in [2.45, 2.75) is 6.54 Å². The predicted molar refractivity (Wildman–Crippen MR) is 115 cm³/mol. The molecule has 0 unspecified atom stereocenters. The van der Waals surface area contributed by atoms with Gasteiger partial charge in [0.15, 0.2) is 5.58 Å². The second kappa shape index (κ2) is 8.00. The number of nitrogens with zero attached hydrogens (tertiary/aromatic N) is 3. The molecule has 2 heterocycles. The molecule has 1 aliphatic heterocycles.